The monoisotopic (exact) mass is 364 g/mol. The molecule has 0 spiro atoms. The van der Waals surface area contributed by atoms with Crippen molar-refractivity contribution < 1.29 is 14.1 Å². The Balaban J connectivity index is 1.57. The summed E-state index contributed by atoms with van der Waals surface area (Å²) in [7, 11) is 0. The van der Waals surface area contributed by atoms with Gasteiger partial charge in [0.15, 0.2) is 0 Å². The molecule has 1 N–H and O–H groups in total. The Morgan fingerprint density at radius 3 is 2.52 bits per heavy atom. The number of hydrogen-bond acceptors (Lipinski definition) is 6. The van der Waals surface area contributed by atoms with Gasteiger partial charge < -0.3 is 4.42 Å². The predicted molar refractivity (Wildman–Crippen MR) is 99.0 cm³/mol. The number of carbonyl (C=O) groups is 1. The number of hydrogen-bond donors (Lipinski definition) is 1. The lowest BCUT2D eigenvalue weighted by atomic mass is 10.1. The van der Waals surface area contributed by atoms with Crippen LogP contribution in [0.1, 0.15) is 22.6 Å². The molecular formula is C19H16N4O4. The molecule has 0 bridgehead atoms. The van der Waals surface area contributed by atoms with E-state index in [1.807, 2.05) is 31.2 Å². The second kappa shape index (κ2) is 8.05. The highest BCUT2D eigenvalue weighted by Gasteiger charge is 2.09. The van der Waals surface area contributed by atoms with Gasteiger partial charge in [0.05, 0.1) is 11.3 Å². The first-order chi connectivity index (χ1) is 13.0. The van der Waals surface area contributed by atoms with Crippen molar-refractivity contribution >= 4 is 23.7 Å². The SMILES string of the molecule is Cc1ccc(Cc2nnc(NC(=O)/C=C/c3ccc([N+](=O)[O-])cc3)o2)cc1. The molecule has 0 aliphatic carbocycles. The number of non-ortho nitro benzene ring substituents is 1. The molecule has 0 saturated heterocycles. The van der Waals surface area contributed by atoms with E-state index >= 15 is 0 Å². The van der Waals surface area contributed by atoms with Gasteiger partial charge in [0, 0.05) is 18.2 Å². The fourth-order valence-corrected chi connectivity index (χ4v) is 2.28. The van der Waals surface area contributed by atoms with Crippen molar-refractivity contribution in [2.45, 2.75) is 13.3 Å². The van der Waals surface area contributed by atoms with Crippen LogP contribution in [-0.2, 0) is 11.2 Å². The number of carbonyl (C=O) groups excluding carboxylic acids is 1. The van der Waals surface area contributed by atoms with Gasteiger partial charge in [-0.1, -0.05) is 34.9 Å². The molecule has 1 amide bonds. The molecule has 0 unspecified atom stereocenters. The molecule has 0 atom stereocenters. The fraction of sp³-hybridized carbons (Fsp3) is 0.105. The lowest BCUT2D eigenvalue weighted by Crippen LogP contribution is -2.07. The van der Waals surface area contributed by atoms with Crippen molar-refractivity contribution in [2.24, 2.45) is 0 Å². The number of nitro benzene ring substituents is 1. The highest BCUT2D eigenvalue weighted by Crippen LogP contribution is 2.14. The maximum Gasteiger partial charge on any atom is 0.322 e. The zero-order chi connectivity index (χ0) is 19.2. The second-order valence-corrected chi connectivity index (χ2v) is 5.83. The summed E-state index contributed by atoms with van der Waals surface area (Å²) in [6.07, 6.45) is 3.29. The van der Waals surface area contributed by atoms with Crippen LogP contribution in [0.15, 0.2) is 59.0 Å². The lowest BCUT2D eigenvalue weighted by molar-refractivity contribution is -0.384. The summed E-state index contributed by atoms with van der Waals surface area (Å²) in [5.41, 5.74) is 2.84. The van der Waals surface area contributed by atoms with Gasteiger partial charge in [-0.3, -0.25) is 20.2 Å². The first-order valence-corrected chi connectivity index (χ1v) is 8.11. The molecule has 0 fully saturated rings. The topological polar surface area (TPSA) is 111 Å². The number of amides is 1. The van der Waals surface area contributed by atoms with Crippen LogP contribution in [0.4, 0.5) is 11.7 Å². The van der Waals surface area contributed by atoms with Crippen molar-refractivity contribution in [3.05, 3.63) is 87.3 Å². The number of rotatable bonds is 6. The highest BCUT2D eigenvalue weighted by atomic mass is 16.6. The van der Waals surface area contributed by atoms with Crippen LogP contribution in [-0.4, -0.2) is 21.0 Å². The average Bonchev–Trinajstić information content (AvgIpc) is 3.09. The lowest BCUT2D eigenvalue weighted by Gasteiger charge is -1.98. The van der Waals surface area contributed by atoms with Gasteiger partial charge in [-0.15, -0.1) is 5.10 Å². The predicted octanol–water partition coefficient (Wildman–Crippen LogP) is 3.53. The van der Waals surface area contributed by atoms with Gasteiger partial charge in [-0.25, -0.2) is 0 Å². The zero-order valence-corrected chi connectivity index (χ0v) is 14.5. The van der Waals surface area contributed by atoms with E-state index in [4.69, 9.17) is 4.42 Å². The van der Waals surface area contributed by atoms with E-state index in [9.17, 15) is 14.9 Å². The number of anilines is 1. The maximum absolute atomic E-state index is 11.9. The third-order valence-corrected chi connectivity index (χ3v) is 3.70. The number of nitrogens with zero attached hydrogens (tertiary/aromatic N) is 3. The summed E-state index contributed by atoms with van der Waals surface area (Å²) < 4.78 is 5.42. The molecule has 1 heterocycles. The number of aromatic nitrogens is 2. The summed E-state index contributed by atoms with van der Waals surface area (Å²) in [5, 5.41) is 20.8. The minimum atomic E-state index is -0.482. The van der Waals surface area contributed by atoms with Crippen molar-refractivity contribution in [1.82, 2.24) is 10.2 Å². The molecule has 3 aromatic rings. The standard InChI is InChI=1S/C19H16N4O4/c1-13-2-4-15(5-3-13)12-18-21-22-19(27-18)20-17(24)11-8-14-6-9-16(10-7-14)23(25)26/h2-11H,12H2,1H3,(H,20,22,24)/b11-8+. The summed E-state index contributed by atoms with van der Waals surface area (Å²) in [6.45, 7) is 2.01. The molecule has 0 radical (unpaired) electrons. The molecule has 2 aromatic carbocycles. The molecule has 1 aromatic heterocycles. The van der Waals surface area contributed by atoms with Gasteiger partial charge >= 0.3 is 6.01 Å². The molecular weight excluding hydrogens is 348 g/mol. The zero-order valence-electron chi connectivity index (χ0n) is 14.5. The smallest absolute Gasteiger partial charge is 0.322 e. The van der Waals surface area contributed by atoms with Crippen molar-refractivity contribution in [3.8, 4) is 0 Å². The largest absolute Gasteiger partial charge is 0.407 e. The molecule has 3 rings (SSSR count). The number of nitrogens with one attached hydrogen (secondary N) is 1. The van der Waals surface area contributed by atoms with Crippen LogP contribution < -0.4 is 5.32 Å². The molecule has 0 aliphatic heterocycles. The summed E-state index contributed by atoms with van der Waals surface area (Å²) >= 11 is 0. The average molecular weight is 364 g/mol. The highest BCUT2D eigenvalue weighted by molar-refractivity contribution is 6.00. The summed E-state index contributed by atoms with van der Waals surface area (Å²) in [5.74, 6) is -0.0487. The Morgan fingerprint density at radius 1 is 1.15 bits per heavy atom. The number of nitro groups is 1. The van der Waals surface area contributed by atoms with E-state index in [-0.39, 0.29) is 11.7 Å². The molecule has 8 heteroatoms. The second-order valence-electron chi connectivity index (χ2n) is 5.83. The van der Waals surface area contributed by atoms with Crippen LogP contribution >= 0.6 is 0 Å². The van der Waals surface area contributed by atoms with Crippen LogP contribution in [0.5, 0.6) is 0 Å². The minimum Gasteiger partial charge on any atom is -0.407 e. The Kier molecular flexibility index (Phi) is 5.36. The normalized spacial score (nSPS) is 10.9. The Hall–Kier alpha value is -3.81. The van der Waals surface area contributed by atoms with E-state index in [2.05, 4.69) is 15.5 Å². The van der Waals surface area contributed by atoms with Crippen molar-refractivity contribution in [3.63, 3.8) is 0 Å². The first-order valence-electron chi connectivity index (χ1n) is 8.11. The van der Waals surface area contributed by atoms with Crippen molar-refractivity contribution in [1.29, 1.82) is 0 Å². The van der Waals surface area contributed by atoms with Crippen LogP contribution in [0, 0.1) is 17.0 Å². The Morgan fingerprint density at radius 2 is 1.85 bits per heavy atom. The quantitative estimate of drug-likeness (QED) is 0.407. The van der Waals surface area contributed by atoms with Gasteiger partial charge in [0.1, 0.15) is 0 Å². The van der Waals surface area contributed by atoms with Gasteiger partial charge in [-0.05, 0) is 36.3 Å². The molecule has 0 saturated carbocycles. The van der Waals surface area contributed by atoms with Crippen molar-refractivity contribution in [2.75, 3.05) is 5.32 Å². The Labute approximate surface area is 154 Å². The minimum absolute atomic E-state index is 0.00969. The molecule has 0 aliphatic rings. The van der Waals surface area contributed by atoms with Crippen LogP contribution in [0.2, 0.25) is 0 Å². The number of aryl methyl sites for hydroxylation is 1. The Bertz CT molecular complexity index is 976. The van der Waals surface area contributed by atoms with Crippen LogP contribution in [0.25, 0.3) is 6.08 Å². The van der Waals surface area contributed by atoms with E-state index < -0.39 is 10.8 Å². The summed E-state index contributed by atoms with van der Waals surface area (Å²) in [4.78, 5) is 22.1. The van der Waals surface area contributed by atoms with Gasteiger partial charge in [0.2, 0.25) is 5.89 Å². The fourth-order valence-electron chi connectivity index (χ4n) is 2.28. The third-order valence-electron chi connectivity index (χ3n) is 3.70. The maximum atomic E-state index is 11.9. The van der Waals surface area contributed by atoms with E-state index in [0.717, 1.165) is 11.1 Å². The van der Waals surface area contributed by atoms with Gasteiger partial charge in [-0.2, -0.15) is 0 Å². The molecule has 27 heavy (non-hydrogen) atoms. The molecule has 8 nitrogen and oxygen atoms in total. The third kappa shape index (κ3) is 5.08. The summed E-state index contributed by atoms with van der Waals surface area (Å²) in [6, 6.07) is 13.8. The van der Waals surface area contributed by atoms with Gasteiger partial charge in [0.25, 0.3) is 11.6 Å². The number of benzene rings is 2. The van der Waals surface area contributed by atoms with E-state index in [1.165, 1.54) is 24.3 Å². The first kappa shape index (κ1) is 18.0. The van der Waals surface area contributed by atoms with E-state index in [1.54, 1.807) is 12.1 Å². The molecule has 136 valence electrons. The van der Waals surface area contributed by atoms with E-state index in [0.29, 0.717) is 17.9 Å². The van der Waals surface area contributed by atoms with Crippen LogP contribution in [0.3, 0.4) is 0 Å².